The van der Waals surface area contributed by atoms with Crippen LogP contribution in [0, 0.1) is 0 Å². The smallest absolute Gasteiger partial charge is 0.307 e. The molecule has 8 heteroatoms. The van der Waals surface area contributed by atoms with Crippen LogP contribution in [0.5, 0.6) is 0 Å². The van der Waals surface area contributed by atoms with E-state index in [1.54, 1.807) is 24.3 Å². The first-order valence-electron chi connectivity index (χ1n) is 10.4. The molecule has 172 valence electrons. The molecule has 1 aromatic heterocycles. The Morgan fingerprint density at radius 3 is 2.44 bits per heavy atom. The van der Waals surface area contributed by atoms with E-state index in [9.17, 15) is 9.59 Å². The summed E-state index contributed by atoms with van der Waals surface area (Å²) in [6.07, 6.45) is 0.961. The molecule has 0 saturated carbocycles. The first-order chi connectivity index (χ1) is 15.4. The van der Waals surface area contributed by atoms with E-state index < -0.39 is 5.97 Å². The van der Waals surface area contributed by atoms with Crippen molar-refractivity contribution in [1.82, 2.24) is 9.88 Å². The molecule has 3 aromatic rings. The van der Waals surface area contributed by atoms with Gasteiger partial charge in [0.25, 0.3) is 5.91 Å². The van der Waals surface area contributed by atoms with Crippen molar-refractivity contribution in [1.29, 1.82) is 0 Å². The average Bonchev–Trinajstić information content (AvgIpc) is 3.41. The molecule has 1 fully saturated rings. The van der Waals surface area contributed by atoms with Gasteiger partial charge in [0, 0.05) is 24.6 Å². The second-order valence-electron chi connectivity index (χ2n) is 6.97. The Balaban J connectivity index is 0.000000255. The lowest BCUT2D eigenvalue weighted by Crippen LogP contribution is -2.35. The van der Waals surface area contributed by atoms with Gasteiger partial charge in [0.05, 0.1) is 29.1 Å². The number of fused-ring (bicyclic) bond motifs is 1. The van der Waals surface area contributed by atoms with Gasteiger partial charge in [0.2, 0.25) is 0 Å². The van der Waals surface area contributed by atoms with Crippen molar-refractivity contribution in [3.63, 3.8) is 0 Å². The summed E-state index contributed by atoms with van der Waals surface area (Å²) < 4.78 is 7.08. The number of aliphatic carboxylic acids is 1. The zero-order valence-electron chi connectivity index (χ0n) is 18.4. The third kappa shape index (κ3) is 6.73. The number of hydrogen-bond acceptors (Lipinski definition) is 3. The molecule has 1 aliphatic rings. The van der Waals surface area contributed by atoms with Crippen molar-refractivity contribution in [2.45, 2.75) is 32.7 Å². The highest BCUT2D eigenvalue weighted by molar-refractivity contribution is 6.45. The number of ether oxygens (including phenoxy) is 1. The predicted octanol–water partition coefficient (Wildman–Crippen LogP) is 5.34. The van der Waals surface area contributed by atoms with Crippen LogP contribution in [0.15, 0.2) is 48.5 Å². The van der Waals surface area contributed by atoms with Gasteiger partial charge in [-0.3, -0.25) is 9.59 Å². The number of aryl methyl sites for hydroxylation is 1. The zero-order valence-corrected chi connectivity index (χ0v) is 19.9. The minimum atomic E-state index is -0.786. The van der Waals surface area contributed by atoms with Gasteiger partial charge < -0.3 is 19.7 Å². The Morgan fingerprint density at radius 2 is 1.84 bits per heavy atom. The van der Waals surface area contributed by atoms with Gasteiger partial charge in [-0.25, -0.2) is 0 Å². The number of carboxylic acids is 1. The monoisotopic (exact) mass is 478 g/mol. The number of carboxylic acid groups (broad SMARTS) is 1. The molecule has 1 amide bonds. The highest BCUT2D eigenvalue weighted by Crippen LogP contribution is 2.32. The summed E-state index contributed by atoms with van der Waals surface area (Å²) in [5.74, 6) is -0.905. The number of hydrogen-bond donors (Lipinski definition) is 2. The quantitative estimate of drug-likeness (QED) is 0.529. The zero-order chi connectivity index (χ0) is 23.7. The number of nitrogens with one attached hydrogen (secondary N) is 1. The summed E-state index contributed by atoms with van der Waals surface area (Å²) >= 11 is 12.2. The van der Waals surface area contributed by atoms with Gasteiger partial charge >= 0.3 is 5.97 Å². The fourth-order valence-corrected chi connectivity index (χ4v) is 3.62. The maximum Gasteiger partial charge on any atom is 0.307 e. The second kappa shape index (κ2) is 12.5. The fraction of sp³-hybridized carbons (Fsp3) is 0.333. The Morgan fingerprint density at radius 1 is 1.16 bits per heavy atom. The summed E-state index contributed by atoms with van der Waals surface area (Å²) in [5, 5.41) is 13.1. The number of rotatable bonds is 4. The molecule has 2 heterocycles. The molecular weight excluding hydrogens is 451 g/mol. The Hall–Kier alpha value is -2.54. The molecule has 6 nitrogen and oxygen atoms in total. The van der Waals surface area contributed by atoms with Crippen molar-refractivity contribution in [3.05, 3.63) is 69.8 Å². The molecule has 0 spiro atoms. The first-order valence-corrected chi connectivity index (χ1v) is 11.2. The van der Waals surface area contributed by atoms with Crippen molar-refractivity contribution in [2.24, 2.45) is 7.05 Å². The summed E-state index contributed by atoms with van der Waals surface area (Å²) in [4.78, 5) is 22.5. The molecule has 2 aromatic carbocycles. The molecule has 4 rings (SSSR count). The molecular formula is C24H28Cl2N2O4. The van der Waals surface area contributed by atoms with Crippen LogP contribution < -0.4 is 5.32 Å². The highest BCUT2D eigenvalue weighted by Gasteiger charge is 2.21. The van der Waals surface area contributed by atoms with Crippen LogP contribution in [0.3, 0.4) is 0 Å². The van der Waals surface area contributed by atoms with E-state index in [0.717, 1.165) is 22.9 Å². The van der Waals surface area contributed by atoms with Crippen LogP contribution in [-0.2, 0) is 23.0 Å². The van der Waals surface area contributed by atoms with E-state index in [4.69, 9.17) is 33.0 Å². The third-order valence-electron chi connectivity index (χ3n) is 4.81. The molecule has 1 atom stereocenters. The van der Waals surface area contributed by atoms with Crippen LogP contribution in [-0.4, -0.2) is 40.8 Å². The first kappa shape index (κ1) is 25.7. The minimum absolute atomic E-state index is 0.0829. The fourth-order valence-electron chi connectivity index (χ4n) is 3.25. The van der Waals surface area contributed by atoms with Gasteiger partial charge in [-0.05, 0) is 30.2 Å². The van der Waals surface area contributed by atoms with E-state index in [1.165, 1.54) is 0 Å². The van der Waals surface area contributed by atoms with E-state index in [-0.39, 0.29) is 18.4 Å². The molecule has 0 aliphatic carbocycles. The minimum Gasteiger partial charge on any atom is -0.481 e. The van der Waals surface area contributed by atoms with E-state index in [2.05, 4.69) is 5.32 Å². The van der Waals surface area contributed by atoms with Crippen LogP contribution in [0.1, 0.15) is 36.3 Å². The maximum absolute atomic E-state index is 12.3. The van der Waals surface area contributed by atoms with Gasteiger partial charge in [0.15, 0.2) is 0 Å². The van der Waals surface area contributed by atoms with Crippen molar-refractivity contribution in [3.8, 4) is 0 Å². The lowest BCUT2D eigenvalue weighted by Gasteiger charge is -2.11. The summed E-state index contributed by atoms with van der Waals surface area (Å²) in [6, 6.07) is 14.6. The molecule has 0 radical (unpaired) electrons. The number of nitrogens with zero attached hydrogens (tertiary/aromatic N) is 1. The number of carbonyl (C=O) groups is 2. The lowest BCUT2D eigenvalue weighted by molar-refractivity contribution is -0.136. The van der Waals surface area contributed by atoms with Crippen LogP contribution >= 0.6 is 23.2 Å². The van der Waals surface area contributed by atoms with Gasteiger partial charge in [-0.15, -0.1) is 0 Å². The normalized spacial score (nSPS) is 14.7. The lowest BCUT2D eigenvalue weighted by atomic mass is 10.2. The highest BCUT2D eigenvalue weighted by atomic mass is 35.5. The Kier molecular flexibility index (Phi) is 10.0. The van der Waals surface area contributed by atoms with Gasteiger partial charge in [-0.1, -0.05) is 67.4 Å². The van der Waals surface area contributed by atoms with E-state index >= 15 is 0 Å². The van der Waals surface area contributed by atoms with Crippen molar-refractivity contribution in [2.75, 3.05) is 13.2 Å². The summed E-state index contributed by atoms with van der Waals surface area (Å²) in [5.41, 5.74) is 2.29. The number of carbonyl (C=O) groups excluding carboxylic acids is 1. The summed E-state index contributed by atoms with van der Waals surface area (Å²) in [7, 11) is 1.84. The molecule has 2 N–H and O–H groups in total. The van der Waals surface area contributed by atoms with E-state index in [0.29, 0.717) is 29.0 Å². The standard InChI is InChI=1S/C14H14Cl2N2O2.C8H8O2.C2H6/c1-18-11-3-2-10(15)13(16)9(11)6-12(18)14(19)17-8-4-5-20-7-8;9-8(10)6-7-4-2-1-3-5-7;1-2/h2-3,6,8H,4-5,7H2,1H3,(H,17,19);1-5H,6H2,(H,9,10);1-2H3. The second-order valence-corrected chi connectivity index (χ2v) is 7.76. The largest absolute Gasteiger partial charge is 0.481 e. The Bertz CT molecular complexity index is 1050. The Labute approximate surface area is 198 Å². The number of benzene rings is 2. The molecule has 1 saturated heterocycles. The predicted molar refractivity (Wildman–Crippen MR) is 129 cm³/mol. The number of halogens is 2. The molecule has 0 bridgehead atoms. The van der Waals surface area contributed by atoms with Gasteiger partial charge in [0.1, 0.15) is 5.69 Å². The van der Waals surface area contributed by atoms with Crippen molar-refractivity contribution >= 4 is 46.0 Å². The number of amides is 1. The summed E-state index contributed by atoms with van der Waals surface area (Å²) in [6.45, 7) is 5.27. The van der Waals surface area contributed by atoms with Crippen LogP contribution in [0.25, 0.3) is 10.9 Å². The maximum atomic E-state index is 12.3. The molecule has 1 aliphatic heterocycles. The topological polar surface area (TPSA) is 80.6 Å². The van der Waals surface area contributed by atoms with Crippen molar-refractivity contribution < 1.29 is 19.4 Å². The molecule has 32 heavy (non-hydrogen) atoms. The average molecular weight is 479 g/mol. The third-order valence-corrected chi connectivity index (χ3v) is 5.63. The van der Waals surface area contributed by atoms with Crippen LogP contribution in [0.2, 0.25) is 10.0 Å². The van der Waals surface area contributed by atoms with Gasteiger partial charge in [-0.2, -0.15) is 0 Å². The number of aromatic nitrogens is 1. The van der Waals surface area contributed by atoms with E-state index in [1.807, 2.05) is 49.7 Å². The SMILES string of the molecule is CC.Cn1c(C(=O)NC2CCOC2)cc2c(Cl)c(Cl)ccc21.O=C(O)Cc1ccccc1. The van der Waals surface area contributed by atoms with Crippen LogP contribution in [0.4, 0.5) is 0 Å². The molecule has 1 unspecified atom stereocenters.